The van der Waals surface area contributed by atoms with Gasteiger partial charge in [-0.1, -0.05) is 42.2 Å². The van der Waals surface area contributed by atoms with Gasteiger partial charge in [0.15, 0.2) is 5.82 Å². The summed E-state index contributed by atoms with van der Waals surface area (Å²) in [6.07, 6.45) is -3.84. The maximum absolute atomic E-state index is 14.3. The lowest BCUT2D eigenvalue weighted by Crippen LogP contribution is -2.44. The van der Waals surface area contributed by atoms with Gasteiger partial charge in [0.05, 0.1) is 27.9 Å². The number of benzene rings is 1. The Hall–Kier alpha value is -2.04. The number of oxime groups is 1. The zero-order valence-electron chi connectivity index (χ0n) is 19.2. The van der Waals surface area contributed by atoms with E-state index in [1.165, 1.54) is 11.3 Å². The molecule has 5 nitrogen and oxygen atoms in total. The van der Waals surface area contributed by atoms with Crippen LogP contribution < -0.4 is 5.32 Å². The highest BCUT2D eigenvalue weighted by Crippen LogP contribution is 2.50. The number of alkyl halides is 3. The van der Waals surface area contributed by atoms with Crippen LogP contribution in [0.4, 0.5) is 17.6 Å². The Morgan fingerprint density at radius 3 is 2.43 bits per heavy atom. The first-order valence-corrected chi connectivity index (χ1v) is 12.6. The molecule has 1 aromatic heterocycles. The summed E-state index contributed by atoms with van der Waals surface area (Å²) in [6, 6.07) is 1.82. The molecule has 2 aromatic rings. The molecule has 1 amide bonds. The second-order valence-corrected chi connectivity index (χ2v) is 10.6. The van der Waals surface area contributed by atoms with Gasteiger partial charge in [-0.3, -0.25) is 4.79 Å². The van der Waals surface area contributed by atoms with Crippen molar-refractivity contribution in [2.75, 3.05) is 0 Å². The van der Waals surface area contributed by atoms with Crippen LogP contribution in [0.25, 0.3) is 0 Å². The monoisotopic (exact) mass is 551 g/mol. The van der Waals surface area contributed by atoms with Crippen molar-refractivity contribution in [2.45, 2.75) is 70.9 Å². The smallest absolute Gasteiger partial charge is 0.372 e. The number of halogens is 6. The molecule has 0 spiro atoms. The molecule has 3 heterocycles. The van der Waals surface area contributed by atoms with Crippen LogP contribution in [0.15, 0.2) is 17.3 Å². The highest BCUT2D eigenvalue weighted by atomic mass is 35.5. The molecule has 0 fully saturated rings. The third kappa shape index (κ3) is 4.49. The molecule has 0 bridgehead atoms. The molecular weight excluding hydrogens is 529 g/mol. The first-order chi connectivity index (χ1) is 16.4. The number of hydrogen-bond donors (Lipinski definition) is 1. The van der Waals surface area contributed by atoms with E-state index >= 15 is 0 Å². The van der Waals surface area contributed by atoms with Gasteiger partial charge in [-0.25, -0.2) is 4.39 Å². The molecule has 1 atom stereocenters. The van der Waals surface area contributed by atoms with E-state index in [-0.39, 0.29) is 17.8 Å². The molecule has 2 aliphatic heterocycles. The highest BCUT2D eigenvalue weighted by Gasteiger charge is 2.63. The standard InChI is InChI=1S/C23H23Cl2F4N3O2S/c1-4-13(5-2)30-21(33)20-11(3)14-9-32(10-17(14)35-20)18-8-22(34-31-18,23(27,28)29)12-6-15(24)19(26)16(25)7-12/h6-7,13H,4-5,8-10H2,1-3H3,(H,30,33). The highest BCUT2D eigenvalue weighted by molar-refractivity contribution is 7.14. The summed E-state index contributed by atoms with van der Waals surface area (Å²) in [6.45, 7) is 6.47. The van der Waals surface area contributed by atoms with Gasteiger partial charge in [0, 0.05) is 23.0 Å². The molecule has 12 heteroatoms. The first kappa shape index (κ1) is 26.0. The van der Waals surface area contributed by atoms with E-state index in [9.17, 15) is 22.4 Å². The third-order valence-corrected chi connectivity index (χ3v) is 8.42. The Bertz CT molecular complexity index is 1170. The summed E-state index contributed by atoms with van der Waals surface area (Å²) in [5.41, 5.74) is -1.54. The molecule has 1 aromatic carbocycles. The summed E-state index contributed by atoms with van der Waals surface area (Å²) in [5, 5.41) is 5.73. The Kier molecular flexibility index (Phi) is 7.02. The Morgan fingerprint density at radius 1 is 1.26 bits per heavy atom. The van der Waals surface area contributed by atoms with Crippen LogP contribution in [0, 0.1) is 12.7 Å². The molecule has 35 heavy (non-hydrogen) atoms. The molecule has 0 saturated carbocycles. The minimum atomic E-state index is -4.87. The molecule has 0 saturated heterocycles. The van der Waals surface area contributed by atoms with Gasteiger partial charge in [0.1, 0.15) is 5.84 Å². The fourth-order valence-corrected chi connectivity index (χ4v) is 6.07. The van der Waals surface area contributed by atoms with Crippen LogP contribution in [0.3, 0.4) is 0 Å². The third-order valence-electron chi connectivity index (χ3n) is 6.55. The van der Waals surface area contributed by atoms with E-state index in [4.69, 9.17) is 28.0 Å². The van der Waals surface area contributed by atoms with Crippen LogP contribution in [0.5, 0.6) is 0 Å². The fourth-order valence-electron chi connectivity index (χ4n) is 4.35. The topological polar surface area (TPSA) is 53.9 Å². The molecule has 1 N–H and O–H groups in total. The van der Waals surface area contributed by atoms with E-state index in [1.807, 2.05) is 20.8 Å². The van der Waals surface area contributed by atoms with Crippen molar-refractivity contribution in [3.63, 3.8) is 0 Å². The van der Waals surface area contributed by atoms with Gasteiger partial charge in [0.25, 0.3) is 11.5 Å². The van der Waals surface area contributed by atoms with Crippen molar-refractivity contribution in [2.24, 2.45) is 5.16 Å². The number of nitrogens with zero attached hydrogens (tertiary/aromatic N) is 2. The average molecular weight is 552 g/mol. The Balaban J connectivity index is 1.55. The largest absolute Gasteiger partial charge is 0.435 e. The first-order valence-electron chi connectivity index (χ1n) is 11.1. The summed E-state index contributed by atoms with van der Waals surface area (Å²) < 4.78 is 56.6. The summed E-state index contributed by atoms with van der Waals surface area (Å²) in [7, 11) is 0. The number of rotatable bonds is 5. The number of carbonyl (C=O) groups excluding carboxylic acids is 1. The van der Waals surface area contributed by atoms with E-state index < -0.39 is 39.6 Å². The lowest BCUT2D eigenvalue weighted by molar-refractivity contribution is -0.275. The number of thiophene rings is 1. The second kappa shape index (κ2) is 9.44. The zero-order valence-corrected chi connectivity index (χ0v) is 21.5. The molecule has 4 rings (SSSR count). The van der Waals surface area contributed by atoms with Crippen LogP contribution in [0.2, 0.25) is 10.0 Å². The quantitative estimate of drug-likeness (QED) is 0.324. The normalized spacial score (nSPS) is 19.7. The van der Waals surface area contributed by atoms with Gasteiger partial charge in [-0.2, -0.15) is 13.2 Å². The number of amidine groups is 1. The maximum atomic E-state index is 14.3. The van der Waals surface area contributed by atoms with Crippen molar-refractivity contribution in [3.05, 3.63) is 54.4 Å². The number of nitrogens with one attached hydrogen (secondary N) is 1. The van der Waals surface area contributed by atoms with E-state index in [2.05, 4.69) is 10.5 Å². The van der Waals surface area contributed by atoms with Crippen LogP contribution in [-0.2, 0) is 23.5 Å². The summed E-state index contributed by atoms with van der Waals surface area (Å²) in [5.74, 6) is -1.04. The van der Waals surface area contributed by atoms with E-state index in [0.29, 0.717) is 18.0 Å². The number of fused-ring (bicyclic) bond motifs is 1. The number of carbonyl (C=O) groups is 1. The summed E-state index contributed by atoms with van der Waals surface area (Å²) >= 11 is 12.9. The van der Waals surface area contributed by atoms with Gasteiger partial charge >= 0.3 is 6.18 Å². The van der Waals surface area contributed by atoms with Gasteiger partial charge in [-0.05, 0) is 43.0 Å². The van der Waals surface area contributed by atoms with Gasteiger partial charge in [-0.15, -0.1) is 11.3 Å². The lowest BCUT2D eigenvalue weighted by atomic mass is 9.89. The van der Waals surface area contributed by atoms with Crippen LogP contribution in [-0.4, -0.2) is 28.9 Å². The number of hydrogen-bond acceptors (Lipinski definition) is 5. The molecule has 1 unspecified atom stereocenters. The van der Waals surface area contributed by atoms with Crippen molar-refractivity contribution in [3.8, 4) is 0 Å². The van der Waals surface area contributed by atoms with Crippen molar-refractivity contribution < 1.29 is 27.2 Å². The predicted molar refractivity (Wildman–Crippen MR) is 127 cm³/mol. The maximum Gasteiger partial charge on any atom is 0.435 e. The lowest BCUT2D eigenvalue weighted by Gasteiger charge is -2.30. The van der Waals surface area contributed by atoms with Gasteiger partial charge < -0.3 is 15.1 Å². The molecule has 190 valence electrons. The van der Waals surface area contributed by atoms with Crippen molar-refractivity contribution in [1.29, 1.82) is 0 Å². The summed E-state index contributed by atoms with van der Waals surface area (Å²) in [4.78, 5) is 21.0. The SMILES string of the molecule is CCC(CC)NC(=O)c1sc2c(c1C)CN(C1=NOC(c3cc(Cl)c(F)c(Cl)c3)(C(F)(F)F)C1)C2. The Morgan fingerprint density at radius 2 is 1.89 bits per heavy atom. The van der Waals surface area contributed by atoms with E-state index in [0.717, 1.165) is 41.0 Å². The minimum Gasteiger partial charge on any atom is -0.372 e. The minimum absolute atomic E-state index is 0.0873. The molecular formula is C23H23Cl2F4N3O2S. The average Bonchev–Trinajstić information content (AvgIpc) is 3.49. The van der Waals surface area contributed by atoms with Crippen LogP contribution >= 0.6 is 34.5 Å². The second-order valence-electron chi connectivity index (χ2n) is 8.66. The van der Waals surface area contributed by atoms with Crippen LogP contribution in [0.1, 0.15) is 64.3 Å². The fraction of sp³-hybridized carbons (Fsp3) is 0.478. The Labute approximate surface area is 214 Å². The van der Waals surface area contributed by atoms with Gasteiger partial charge in [0.2, 0.25) is 0 Å². The van der Waals surface area contributed by atoms with Crippen molar-refractivity contribution in [1.82, 2.24) is 10.2 Å². The molecule has 2 aliphatic rings. The van der Waals surface area contributed by atoms with Crippen molar-refractivity contribution >= 4 is 46.3 Å². The number of amides is 1. The predicted octanol–water partition coefficient (Wildman–Crippen LogP) is 6.93. The molecule has 0 radical (unpaired) electrons. The molecule has 0 aliphatic carbocycles. The zero-order chi connectivity index (χ0) is 25.7. The van der Waals surface area contributed by atoms with E-state index in [1.54, 1.807) is 4.90 Å².